The summed E-state index contributed by atoms with van der Waals surface area (Å²) < 4.78 is 0. The van der Waals surface area contributed by atoms with Crippen molar-refractivity contribution in [2.45, 2.75) is 0 Å². The van der Waals surface area contributed by atoms with Crippen LogP contribution in [0, 0.1) is 0 Å². The lowest BCUT2D eigenvalue weighted by Gasteiger charge is -2.25. The van der Waals surface area contributed by atoms with Gasteiger partial charge in [-0.05, 0) is 30.3 Å². The molecule has 0 bridgehead atoms. The van der Waals surface area contributed by atoms with Crippen LogP contribution in [0.4, 0.5) is 11.4 Å². The van der Waals surface area contributed by atoms with E-state index in [2.05, 4.69) is 41.1 Å². The highest BCUT2D eigenvalue weighted by atomic mass is 16.1. The second-order valence-electron chi connectivity index (χ2n) is 4.32. The Morgan fingerprint density at radius 2 is 1.50 bits per heavy atom. The molecule has 0 heterocycles. The molecule has 0 spiro atoms. The quantitative estimate of drug-likeness (QED) is 0.815. The number of benzene rings is 2. The molecule has 0 unspecified atom stereocenters. The highest BCUT2D eigenvalue weighted by molar-refractivity contribution is 5.86. The van der Waals surface area contributed by atoms with Crippen LogP contribution < -0.4 is 10.2 Å². The largest absolute Gasteiger partial charge is 0.351 e. The Bertz CT molecular complexity index is 512. The van der Waals surface area contributed by atoms with Crippen molar-refractivity contribution in [3.63, 3.8) is 0 Å². The smallest absolute Gasteiger partial charge is 0.243 e. The lowest BCUT2D eigenvalue weighted by Crippen LogP contribution is -2.31. The number of nitrogens with one attached hydrogen (secondary N) is 1. The predicted molar refractivity (Wildman–Crippen MR) is 83.1 cm³/mol. The van der Waals surface area contributed by atoms with Crippen LogP contribution in [0.1, 0.15) is 0 Å². The van der Waals surface area contributed by atoms with E-state index in [0.29, 0.717) is 13.1 Å². The lowest BCUT2D eigenvalue weighted by atomic mass is 10.2. The summed E-state index contributed by atoms with van der Waals surface area (Å²) in [5.74, 6) is -0.147. The van der Waals surface area contributed by atoms with Crippen molar-refractivity contribution in [2.24, 2.45) is 0 Å². The number of carbonyl (C=O) groups is 1. The van der Waals surface area contributed by atoms with Gasteiger partial charge in [0.15, 0.2) is 0 Å². The Kier molecular flexibility index (Phi) is 4.95. The number of anilines is 2. The molecule has 3 heteroatoms. The van der Waals surface area contributed by atoms with Crippen molar-refractivity contribution in [1.29, 1.82) is 0 Å². The van der Waals surface area contributed by atoms with E-state index in [-0.39, 0.29) is 5.91 Å². The van der Waals surface area contributed by atoms with Crippen LogP contribution in [0.5, 0.6) is 0 Å². The summed E-state index contributed by atoms with van der Waals surface area (Å²) >= 11 is 0. The fourth-order valence-electron chi connectivity index (χ4n) is 1.99. The van der Waals surface area contributed by atoms with Gasteiger partial charge in [-0.15, -0.1) is 0 Å². The molecule has 0 atom stereocenters. The number of rotatable bonds is 6. The minimum Gasteiger partial charge on any atom is -0.351 e. The monoisotopic (exact) mass is 266 g/mol. The molecular formula is C17H18N2O. The highest BCUT2D eigenvalue weighted by Crippen LogP contribution is 2.23. The number of para-hydroxylation sites is 2. The van der Waals surface area contributed by atoms with Gasteiger partial charge in [-0.1, -0.05) is 43.0 Å². The molecule has 0 fully saturated rings. The van der Waals surface area contributed by atoms with Gasteiger partial charge < -0.3 is 10.2 Å². The molecule has 0 saturated heterocycles. The molecule has 2 aromatic rings. The first-order valence-electron chi connectivity index (χ1n) is 6.59. The normalized spacial score (nSPS) is 9.80. The van der Waals surface area contributed by atoms with E-state index in [1.165, 1.54) is 6.08 Å². The van der Waals surface area contributed by atoms with Crippen LogP contribution in [0.15, 0.2) is 73.3 Å². The Morgan fingerprint density at radius 3 is 1.95 bits per heavy atom. The SMILES string of the molecule is C=CC(=O)NCCN(c1ccccc1)c1ccccc1. The van der Waals surface area contributed by atoms with Crippen LogP contribution in [-0.2, 0) is 4.79 Å². The molecular weight excluding hydrogens is 248 g/mol. The van der Waals surface area contributed by atoms with E-state index >= 15 is 0 Å². The maximum absolute atomic E-state index is 11.2. The lowest BCUT2D eigenvalue weighted by molar-refractivity contribution is -0.116. The molecule has 2 aromatic carbocycles. The van der Waals surface area contributed by atoms with Crippen molar-refractivity contribution in [3.8, 4) is 0 Å². The first kappa shape index (κ1) is 13.9. The summed E-state index contributed by atoms with van der Waals surface area (Å²) in [5.41, 5.74) is 2.21. The zero-order chi connectivity index (χ0) is 14.2. The van der Waals surface area contributed by atoms with E-state index < -0.39 is 0 Å². The summed E-state index contributed by atoms with van der Waals surface area (Å²) in [7, 11) is 0. The van der Waals surface area contributed by atoms with Gasteiger partial charge in [-0.3, -0.25) is 4.79 Å². The van der Waals surface area contributed by atoms with Crippen molar-refractivity contribution >= 4 is 17.3 Å². The zero-order valence-electron chi connectivity index (χ0n) is 11.3. The van der Waals surface area contributed by atoms with Crippen LogP contribution in [-0.4, -0.2) is 19.0 Å². The number of carbonyl (C=O) groups excluding carboxylic acids is 1. The van der Waals surface area contributed by atoms with Crippen molar-refractivity contribution in [3.05, 3.63) is 73.3 Å². The Labute approximate surface area is 119 Å². The molecule has 1 N–H and O–H groups in total. The standard InChI is InChI=1S/C17H18N2O/c1-2-17(20)18-13-14-19(15-9-5-3-6-10-15)16-11-7-4-8-12-16/h2-12H,1,13-14H2,(H,18,20). The second-order valence-corrected chi connectivity index (χ2v) is 4.32. The number of hydrogen-bond acceptors (Lipinski definition) is 2. The third-order valence-electron chi connectivity index (χ3n) is 2.96. The summed E-state index contributed by atoms with van der Waals surface area (Å²) in [5, 5.41) is 2.80. The van der Waals surface area contributed by atoms with E-state index in [1.807, 2.05) is 36.4 Å². The van der Waals surface area contributed by atoms with Gasteiger partial charge in [-0.25, -0.2) is 0 Å². The summed E-state index contributed by atoms with van der Waals surface area (Å²) in [4.78, 5) is 13.4. The van der Waals surface area contributed by atoms with Gasteiger partial charge in [0.2, 0.25) is 5.91 Å². The maximum atomic E-state index is 11.2. The average molecular weight is 266 g/mol. The predicted octanol–water partition coefficient (Wildman–Crippen LogP) is 3.13. The van der Waals surface area contributed by atoms with Crippen LogP contribution in [0.2, 0.25) is 0 Å². The molecule has 102 valence electrons. The first-order valence-corrected chi connectivity index (χ1v) is 6.59. The van der Waals surface area contributed by atoms with Crippen molar-refractivity contribution in [1.82, 2.24) is 5.32 Å². The number of amides is 1. The minimum absolute atomic E-state index is 0.147. The Hall–Kier alpha value is -2.55. The van der Waals surface area contributed by atoms with Gasteiger partial charge in [0, 0.05) is 24.5 Å². The number of hydrogen-bond donors (Lipinski definition) is 1. The van der Waals surface area contributed by atoms with E-state index in [1.54, 1.807) is 0 Å². The van der Waals surface area contributed by atoms with Crippen LogP contribution in [0.3, 0.4) is 0 Å². The number of nitrogens with zero attached hydrogens (tertiary/aromatic N) is 1. The molecule has 0 aromatic heterocycles. The molecule has 0 aliphatic rings. The molecule has 3 nitrogen and oxygen atoms in total. The summed E-state index contributed by atoms with van der Waals surface area (Å²) in [6.07, 6.45) is 1.29. The molecule has 20 heavy (non-hydrogen) atoms. The van der Waals surface area contributed by atoms with Crippen molar-refractivity contribution in [2.75, 3.05) is 18.0 Å². The van der Waals surface area contributed by atoms with E-state index in [4.69, 9.17) is 0 Å². The van der Waals surface area contributed by atoms with Gasteiger partial charge >= 0.3 is 0 Å². The third-order valence-corrected chi connectivity index (χ3v) is 2.96. The van der Waals surface area contributed by atoms with Gasteiger partial charge in [0.25, 0.3) is 0 Å². The fourth-order valence-corrected chi connectivity index (χ4v) is 1.99. The van der Waals surface area contributed by atoms with Gasteiger partial charge in [0.1, 0.15) is 0 Å². The van der Waals surface area contributed by atoms with E-state index in [9.17, 15) is 4.79 Å². The molecule has 2 rings (SSSR count). The Balaban J connectivity index is 2.13. The maximum Gasteiger partial charge on any atom is 0.243 e. The van der Waals surface area contributed by atoms with Crippen LogP contribution in [0.25, 0.3) is 0 Å². The molecule has 0 saturated carbocycles. The molecule has 0 radical (unpaired) electrons. The Morgan fingerprint density at radius 1 is 1.00 bits per heavy atom. The highest BCUT2D eigenvalue weighted by Gasteiger charge is 2.08. The molecule has 1 amide bonds. The topological polar surface area (TPSA) is 32.3 Å². The molecule has 0 aliphatic carbocycles. The van der Waals surface area contributed by atoms with E-state index in [0.717, 1.165) is 11.4 Å². The van der Waals surface area contributed by atoms with Crippen molar-refractivity contribution < 1.29 is 4.79 Å². The zero-order valence-corrected chi connectivity index (χ0v) is 11.3. The third kappa shape index (κ3) is 3.72. The first-order chi connectivity index (χ1) is 9.81. The molecule has 0 aliphatic heterocycles. The van der Waals surface area contributed by atoms with Crippen LogP contribution >= 0.6 is 0 Å². The average Bonchev–Trinajstić information content (AvgIpc) is 2.53. The van der Waals surface area contributed by atoms with Gasteiger partial charge in [0.05, 0.1) is 0 Å². The summed E-state index contributed by atoms with van der Waals surface area (Å²) in [6, 6.07) is 20.2. The summed E-state index contributed by atoms with van der Waals surface area (Å²) in [6.45, 7) is 4.72. The van der Waals surface area contributed by atoms with Gasteiger partial charge in [-0.2, -0.15) is 0 Å². The second kappa shape index (κ2) is 7.14. The fraction of sp³-hybridized carbons (Fsp3) is 0.118. The minimum atomic E-state index is -0.147.